The molecule has 1 aliphatic heterocycles. The van der Waals surface area contributed by atoms with Gasteiger partial charge in [0.1, 0.15) is 0 Å². The van der Waals surface area contributed by atoms with Gasteiger partial charge in [0.15, 0.2) is 0 Å². The second-order valence-electron chi connectivity index (χ2n) is 5.18. The Morgan fingerprint density at radius 3 is 2.42 bits per heavy atom. The Bertz CT molecular complexity index is 371. The smallest absolute Gasteiger partial charge is 0.0628 e. The van der Waals surface area contributed by atoms with Gasteiger partial charge in [0, 0.05) is 12.6 Å². The first kappa shape index (κ1) is 14.5. The molecule has 1 fully saturated rings. The number of nitrogens with zero attached hydrogens (tertiary/aromatic N) is 1. The zero-order valence-electron chi connectivity index (χ0n) is 11.2. The van der Waals surface area contributed by atoms with Crippen LogP contribution in [-0.2, 0) is 0 Å². The first-order chi connectivity index (χ1) is 9.31. The molecule has 106 valence electrons. The summed E-state index contributed by atoms with van der Waals surface area (Å²) in [5, 5.41) is 28.8. The Balaban J connectivity index is 2.21. The lowest BCUT2D eigenvalue weighted by molar-refractivity contribution is -0.0200. The van der Waals surface area contributed by atoms with Crippen LogP contribution in [0.15, 0.2) is 30.3 Å². The predicted molar refractivity (Wildman–Crippen MR) is 73.7 cm³/mol. The summed E-state index contributed by atoms with van der Waals surface area (Å²) in [5.41, 5.74) is 1.06. The molecule has 0 unspecified atom stereocenters. The fraction of sp³-hybridized carbons (Fsp3) is 0.600. The molecule has 3 atom stereocenters. The third kappa shape index (κ3) is 3.15. The Kier molecular flexibility index (Phi) is 5.34. The van der Waals surface area contributed by atoms with E-state index in [0.717, 1.165) is 24.9 Å². The van der Waals surface area contributed by atoms with E-state index in [9.17, 15) is 15.3 Å². The van der Waals surface area contributed by atoms with Crippen molar-refractivity contribution in [2.75, 3.05) is 26.4 Å². The van der Waals surface area contributed by atoms with Crippen LogP contribution in [0.5, 0.6) is 0 Å². The van der Waals surface area contributed by atoms with E-state index in [1.54, 1.807) is 0 Å². The summed E-state index contributed by atoms with van der Waals surface area (Å²) in [6, 6.07) is 9.69. The molecular weight excluding hydrogens is 242 g/mol. The van der Waals surface area contributed by atoms with Gasteiger partial charge in [-0.1, -0.05) is 30.3 Å². The van der Waals surface area contributed by atoms with Crippen LogP contribution in [0.25, 0.3) is 0 Å². The summed E-state index contributed by atoms with van der Waals surface area (Å²) >= 11 is 0. The number of aliphatic hydroxyl groups is 3. The Labute approximate surface area is 114 Å². The molecule has 0 bridgehead atoms. The van der Waals surface area contributed by atoms with Gasteiger partial charge in [0.2, 0.25) is 0 Å². The summed E-state index contributed by atoms with van der Waals surface area (Å²) in [6.07, 6.45) is 1.93. The van der Waals surface area contributed by atoms with Crippen molar-refractivity contribution in [3.63, 3.8) is 0 Å². The van der Waals surface area contributed by atoms with Crippen LogP contribution in [-0.4, -0.2) is 52.6 Å². The fourth-order valence-electron chi connectivity index (χ4n) is 3.10. The molecule has 0 aliphatic carbocycles. The molecule has 1 aromatic rings. The van der Waals surface area contributed by atoms with Crippen LogP contribution in [0.1, 0.15) is 24.4 Å². The van der Waals surface area contributed by atoms with E-state index in [-0.39, 0.29) is 37.8 Å². The number of benzene rings is 1. The molecule has 0 radical (unpaired) electrons. The second kappa shape index (κ2) is 7.01. The number of hydrogen-bond donors (Lipinski definition) is 3. The molecule has 4 heteroatoms. The molecule has 0 amide bonds. The maximum atomic E-state index is 9.72. The third-order valence-corrected chi connectivity index (χ3v) is 4.14. The molecule has 0 saturated carbocycles. The van der Waals surface area contributed by atoms with Crippen LogP contribution in [0.4, 0.5) is 0 Å². The highest BCUT2D eigenvalue weighted by Gasteiger charge is 2.34. The van der Waals surface area contributed by atoms with Crippen molar-refractivity contribution in [2.24, 2.45) is 5.92 Å². The molecule has 1 aliphatic rings. The van der Waals surface area contributed by atoms with Crippen molar-refractivity contribution in [1.82, 2.24) is 4.90 Å². The van der Waals surface area contributed by atoms with Crippen molar-refractivity contribution in [2.45, 2.75) is 24.9 Å². The SMILES string of the molecule is OC[C@H]1CCCN([C@@H](CO)c2ccccc2)[C@@H]1CO. The largest absolute Gasteiger partial charge is 0.396 e. The van der Waals surface area contributed by atoms with E-state index >= 15 is 0 Å². The van der Waals surface area contributed by atoms with E-state index in [1.807, 2.05) is 30.3 Å². The van der Waals surface area contributed by atoms with E-state index in [4.69, 9.17) is 0 Å². The van der Waals surface area contributed by atoms with Crippen molar-refractivity contribution in [1.29, 1.82) is 0 Å². The minimum Gasteiger partial charge on any atom is -0.396 e. The number of likely N-dealkylation sites (tertiary alicyclic amines) is 1. The van der Waals surface area contributed by atoms with E-state index in [2.05, 4.69) is 4.90 Å². The molecule has 1 heterocycles. The monoisotopic (exact) mass is 265 g/mol. The molecule has 19 heavy (non-hydrogen) atoms. The van der Waals surface area contributed by atoms with E-state index < -0.39 is 0 Å². The lowest BCUT2D eigenvalue weighted by Gasteiger charge is -2.44. The highest BCUT2D eigenvalue weighted by Crippen LogP contribution is 2.31. The van der Waals surface area contributed by atoms with Gasteiger partial charge < -0.3 is 15.3 Å². The Hall–Kier alpha value is -0.940. The summed E-state index contributed by atoms with van der Waals surface area (Å²) in [4.78, 5) is 2.14. The number of aliphatic hydroxyl groups excluding tert-OH is 3. The third-order valence-electron chi connectivity index (χ3n) is 4.14. The van der Waals surface area contributed by atoms with Crippen LogP contribution in [0.2, 0.25) is 0 Å². The maximum Gasteiger partial charge on any atom is 0.0628 e. The summed E-state index contributed by atoms with van der Waals surface area (Å²) < 4.78 is 0. The minimum atomic E-state index is -0.104. The van der Waals surface area contributed by atoms with Crippen LogP contribution < -0.4 is 0 Å². The Morgan fingerprint density at radius 1 is 1.11 bits per heavy atom. The molecule has 0 spiro atoms. The number of rotatable bonds is 5. The fourth-order valence-corrected chi connectivity index (χ4v) is 3.10. The van der Waals surface area contributed by atoms with Crippen molar-refractivity contribution < 1.29 is 15.3 Å². The van der Waals surface area contributed by atoms with Crippen molar-refractivity contribution >= 4 is 0 Å². The summed E-state index contributed by atoms with van der Waals surface area (Å²) in [6.45, 7) is 0.990. The lowest BCUT2D eigenvalue weighted by Crippen LogP contribution is -2.50. The molecule has 1 aromatic carbocycles. The molecule has 0 aromatic heterocycles. The minimum absolute atomic E-state index is 0.0224. The topological polar surface area (TPSA) is 63.9 Å². The molecular formula is C15H23NO3. The normalized spacial score (nSPS) is 26.3. The molecule has 1 saturated heterocycles. The lowest BCUT2D eigenvalue weighted by atomic mass is 9.88. The zero-order valence-corrected chi connectivity index (χ0v) is 11.2. The average Bonchev–Trinajstić information content (AvgIpc) is 2.48. The van der Waals surface area contributed by atoms with E-state index in [0.29, 0.717) is 0 Å². The van der Waals surface area contributed by atoms with Crippen LogP contribution in [0.3, 0.4) is 0 Å². The van der Waals surface area contributed by atoms with Gasteiger partial charge in [-0.2, -0.15) is 0 Å². The highest BCUT2D eigenvalue weighted by molar-refractivity contribution is 5.19. The van der Waals surface area contributed by atoms with Crippen LogP contribution >= 0.6 is 0 Å². The quantitative estimate of drug-likeness (QED) is 0.736. The average molecular weight is 265 g/mol. The van der Waals surface area contributed by atoms with Gasteiger partial charge in [-0.15, -0.1) is 0 Å². The molecule has 3 N–H and O–H groups in total. The van der Waals surface area contributed by atoms with Crippen molar-refractivity contribution in [3.8, 4) is 0 Å². The van der Waals surface area contributed by atoms with Crippen LogP contribution in [0, 0.1) is 5.92 Å². The number of piperidine rings is 1. The van der Waals surface area contributed by atoms with Gasteiger partial charge in [0.25, 0.3) is 0 Å². The van der Waals surface area contributed by atoms with Crippen molar-refractivity contribution in [3.05, 3.63) is 35.9 Å². The molecule has 2 rings (SSSR count). The summed E-state index contributed by atoms with van der Waals surface area (Å²) in [7, 11) is 0. The number of hydrogen-bond acceptors (Lipinski definition) is 4. The van der Waals surface area contributed by atoms with Gasteiger partial charge in [-0.3, -0.25) is 4.90 Å². The predicted octanol–water partition coefficient (Wildman–Crippen LogP) is 0.785. The highest BCUT2D eigenvalue weighted by atomic mass is 16.3. The first-order valence-corrected chi connectivity index (χ1v) is 6.95. The van der Waals surface area contributed by atoms with Gasteiger partial charge in [0.05, 0.1) is 19.3 Å². The zero-order chi connectivity index (χ0) is 13.7. The standard InChI is InChI=1S/C15H23NO3/c17-9-13-7-4-8-16(15(13)11-19)14(10-18)12-5-2-1-3-6-12/h1-3,5-6,13-15,17-19H,4,7-11H2/t13-,14+,15-/m1/s1. The molecule has 4 nitrogen and oxygen atoms in total. The van der Waals surface area contributed by atoms with Gasteiger partial charge in [-0.05, 0) is 30.9 Å². The maximum absolute atomic E-state index is 9.72. The van der Waals surface area contributed by atoms with E-state index in [1.165, 1.54) is 0 Å². The summed E-state index contributed by atoms with van der Waals surface area (Å²) in [5.74, 6) is 0.0940. The Morgan fingerprint density at radius 2 is 1.84 bits per heavy atom. The first-order valence-electron chi connectivity index (χ1n) is 6.95. The van der Waals surface area contributed by atoms with Gasteiger partial charge >= 0.3 is 0 Å². The van der Waals surface area contributed by atoms with Gasteiger partial charge in [-0.25, -0.2) is 0 Å². The second-order valence-corrected chi connectivity index (χ2v) is 5.18.